The SMILES string of the molecule is FC#C[Xe]F. The van der Waals surface area contributed by atoms with Crippen LogP contribution in [0.4, 0.5) is 4.47 Å². The zero-order valence-corrected chi connectivity index (χ0v) is 4.13. The van der Waals surface area contributed by atoms with Gasteiger partial charge in [0.2, 0.25) is 0 Å². The zero-order valence-electron chi connectivity index (χ0n) is 2.11. The fourth-order valence-electron chi connectivity index (χ4n) is 0.0126. The third-order valence-corrected chi connectivity index (χ3v) is 0.448. The van der Waals surface area contributed by atoms with Crippen LogP contribution in [0, 0.1) is 51.7 Å². The number of hydrogen-bond acceptors (Lipinski definition) is 0. The average Bonchev–Trinajstić information content (AvgIpc) is 1.41. The molecule has 0 saturated carbocycles. The molecule has 0 aliphatic rings. The molecule has 0 spiro atoms. The van der Waals surface area contributed by atoms with Crippen molar-refractivity contribution in [1.82, 2.24) is 0 Å². The van der Waals surface area contributed by atoms with Crippen LogP contribution in [0.15, 0.2) is 0 Å². The Morgan fingerprint density at radius 3 is 2.20 bits per heavy atom. The van der Waals surface area contributed by atoms with Gasteiger partial charge in [-0.25, -0.2) is 0 Å². The molecule has 0 heterocycles. The standard InChI is InChI=1S/C2F2Xe/c3-1-2-5-4. The molecule has 0 aromatic heterocycles. The molecule has 0 aromatic carbocycles. The number of rotatable bonds is 0. The molecule has 0 unspecified atom stereocenters. The van der Waals surface area contributed by atoms with Gasteiger partial charge in [0, 0.05) is 0 Å². The molecule has 0 radical (unpaired) electrons. The van der Waals surface area contributed by atoms with Crippen LogP contribution in [0.1, 0.15) is 0 Å². The van der Waals surface area contributed by atoms with Crippen molar-refractivity contribution in [3.05, 3.63) is 0 Å². The Labute approximate surface area is 55.1 Å². The van der Waals surface area contributed by atoms with Crippen molar-refractivity contribution in [2.75, 3.05) is 0 Å². The van der Waals surface area contributed by atoms with E-state index in [9.17, 15) is 4.47 Å². The second-order valence-electron chi connectivity index (χ2n) is 0.250. The molecule has 0 bridgehead atoms. The van der Waals surface area contributed by atoms with E-state index in [4.69, 9.17) is 0 Å². The first-order valence-corrected chi connectivity index (χ1v) is 2.52. The van der Waals surface area contributed by atoms with E-state index in [2.05, 4.69) is 0 Å². The Balaban J connectivity index is 2.81. The van der Waals surface area contributed by atoms with Crippen LogP contribution in [0.5, 0.6) is 0 Å². The van der Waals surface area contributed by atoms with Gasteiger partial charge in [0.15, 0.2) is 0 Å². The molecule has 0 aromatic rings. The van der Waals surface area contributed by atoms with Crippen molar-refractivity contribution < 1.29 is 49.6 Å². The fourth-order valence-corrected chi connectivity index (χ4v) is 0.0847. The molecule has 0 amide bonds. The van der Waals surface area contributed by atoms with E-state index in [0.717, 1.165) is 6.17 Å². The number of halogens is 2. The van der Waals surface area contributed by atoms with Gasteiger partial charge < -0.3 is 0 Å². The molecule has 30 valence electrons. The second-order valence-corrected chi connectivity index (χ2v) is 1.14. The van der Waals surface area contributed by atoms with Crippen molar-refractivity contribution in [1.29, 1.82) is 0 Å². The van der Waals surface area contributed by atoms with Crippen LogP contribution in [0.25, 0.3) is 0 Å². The van der Waals surface area contributed by atoms with Gasteiger partial charge >= 0.3 is 56.1 Å². The quantitative estimate of drug-likeness (QED) is 0.500. The molecule has 0 atom stereocenters. The van der Waals surface area contributed by atoms with Crippen LogP contribution in [-0.2, 0) is 0 Å². The van der Waals surface area contributed by atoms with Crippen molar-refractivity contribution in [3.63, 3.8) is 0 Å². The fraction of sp³-hybridized carbons (Fsp3) is 0. The van der Waals surface area contributed by atoms with Gasteiger partial charge in [0.25, 0.3) is 0 Å². The monoisotopic (exact) mass is 194 g/mol. The maximum absolute atomic E-state index is 10.7. The van der Waals surface area contributed by atoms with Crippen molar-refractivity contribution >= 4 is 0 Å². The van der Waals surface area contributed by atoms with Gasteiger partial charge in [-0.3, -0.25) is 0 Å². The van der Waals surface area contributed by atoms with Crippen molar-refractivity contribution in [3.8, 4) is 6.56 Å². The normalized spacial score (nSPS) is 6.00. The van der Waals surface area contributed by atoms with Crippen LogP contribution < -0.4 is 0 Å². The Bertz CT molecular complexity index is 59.8. The first-order valence-electron chi connectivity index (χ1n) is 0.749. The summed E-state index contributed by atoms with van der Waals surface area (Å²) >= 11 is -1.49. The Hall–Kier alpha value is 0.991. The predicted molar refractivity (Wildman–Crippen MR) is 9.99 cm³/mol. The van der Waals surface area contributed by atoms with Gasteiger partial charge in [-0.05, 0) is 0 Å². The van der Waals surface area contributed by atoms with Crippen LogP contribution >= 0.6 is 0 Å². The molecule has 0 fully saturated rings. The molecule has 0 saturated heterocycles. The molecular formula is C2F2Xe. The maximum atomic E-state index is 10.7. The van der Waals surface area contributed by atoms with E-state index in [-0.39, 0.29) is 0 Å². The summed E-state index contributed by atoms with van der Waals surface area (Å²) in [4.78, 5) is 0. The van der Waals surface area contributed by atoms with Crippen molar-refractivity contribution in [2.45, 2.75) is 0 Å². The Kier molecular flexibility index (Phi) is 5.98. The molecule has 5 heavy (non-hydrogen) atoms. The van der Waals surface area contributed by atoms with Crippen LogP contribution in [0.3, 0.4) is 0 Å². The Morgan fingerprint density at radius 1 is 1.60 bits per heavy atom. The topological polar surface area (TPSA) is 0 Å². The molecule has 0 aliphatic heterocycles. The van der Waals surface area contributed by atoms with E-state index >= 15 is 0 Å². The van der Waals surface area contributed by atoms with E-state index in [1.165, 1.54) is 0 Å². The first-order chi connectivity index (χ1) is 2.41. The molecule has 0 rings (SSSR count). The third-order valence-electron chi connectivity index (χ3n) is 0.0668. The summed E-state index contributed by atoms with van der Waals surface area (Å²) in [6, 6.07) is 0. The molecule has 0 nitrogen and oxygen atoms in total. The van der Waals surface area contributed by atoms with Gasteiger partial charge in [0.1, 0.15) is 0 Å². The van der Waals surface area contributed by atoms with Crippen LogP contribution in [0.2, 0.25) is 0 Å². The van der Waals surface area contributed by atoms with Gasteiger partial charge in [-0.2, -0.15) is 0 Å². The van der Waals surface area contributed by atoms with E-state index in [0.29, 0.717) is 0 Å². The molecule has 0 aliphatic carbocycles. The minimum atomic E-state index is -1.49. The summed E-state index contributed by atoms with van der Waals surface area (Å²) < 4.78 is 22.7. The minimum absolute atomic E-state index is 0.932. The van der Waals surface area contributed by atoms with Gasteiger partial charge in [-0.1, -0.05) is 0 Å². The molecular weight excluding hydrogens is 193 g/mol. The summed E-state index contributed by atoms with van der Waals surface area (Å²) in [5.74, 6) is 0. The molecule has 3 heteroatoms. The van der Waals surface area contributed by atoms with Crippen molar-refractivity contribution in [2.24, 2.45) is 0 Å². The van der Waals surface area contributed by atoms with E-state index in [1.54, 1.807) is 0.388 Å². The first kappa shape index (κ1) is 5.99. The van der Waals surface area contributed by atoms with Crippen LogP contribution in [-0.4, -0.2) is 0 Å². The second kappa shape index (κ2) is 4.99. The Morgan fingerprint density at radius 2 is 2.20 bits per heavy atom. The van der Waals surface area contributed by atoms with Gasteiger partial charge in [0.05, 0.1) is 0 Å². The average molecular weight is 193 g/mol. The summed E-state index contributed by atoms with van der Waals surface area (Å²) in [5, 5.41) is 0. The molecule has 0 N–H and O–H groups in total. The van der Waals surface area contributed by atoms with E-state index in [1.807, 2.05) is 0 Å². The zero-order chi connectivity index (χ0) is 4.12. The van der Waals surface area contributed by atoms with E-state index < -0.39 is 45.1 Å². The predicted octanol–water partition coefficient (Wildman–Crippen LogP) is 0.844. The third kappa shape index (κ3) is 4.99. The summed E-state index contributed by atoms with van der Waals surface area (Å²) in [5.41, 5.74) is 0. The number of hydrogen-bond donors (Lipinski definition) is 0. The summed E-state index contributed by atoms with van der Waals surface area (Å²) in [7, 11) is 0. The summed E-state index contributed by atoms with van der Waals surface area (Å²) in [6.07, 6.45) is 0.932. The van der Waals surface area contributed by atoms with Gasteiger partial charge in [-0.15, -0.1) is 0 Å². The summed E-state index contributed by atoms with van der Waals surface area (Å²) in [6.45, 7) is 0.